The number of aryl methyl sites for hydroxylation is 1. The number of hydrogen-bond acceptors (Lipinski definition) is 4. The third-order valence-electron chi connectivity index (χ3n) is 6.29. The SMILES string of the molecule is Cc1cc(C(=O)Nc2cccc(-c3cccc(N)c3C)c2C)ncc1CN1CCCC1. The largest absolute Gasteiger partial charge is 0.398 e. The number of carbonyl (C=O) groups excluding carboxylic acids is 1. The van der Waals surface area contributed by atoms with E-state index < -0.39 is 0 Å². The van der Waals surface area contributed by atoms with Crippen molar-refractivity contribution in [2.75, 3.05) is 24.1 Å². The van der Waals surface area contributed by atoms with Gasteiger partial charge < -0.3 is 11.1 Å². The minimum atomic E-state index is -0.194. The Morgan fingerprint density at radius 1 is 1.03 bits per heavy atom. The monoisotopic (exact) mass is 414 g/mol. The van der Waals surface area contributed by atoms with Gasteiger partial charge in [0.2, 0.25) is 0 Å². The maximum absolute atomic E-state index is 12.9. The fraction of sp³-hybridized carbons (Fsp3) is 0.308. The van der Waals surface area contributed by atoms with Gasteiger partial charge in [0.05, 0.1) is 0 Å². The summed E-state index contributed by atoms with van der Waals surface area (Å²) in [5.41, 5.74) is 14.6. The van der Waals surface area contributed by atoms with Gasteiger partial charge in [-0.3, -0.25) is 14.7 Å². The first kappa shape index (κ1) is 21.1. The molecule has 3 N–H and O–H groups in total. The number of carbonyl (C=O) groups is 1. The third-order valence-corrected chi connectivity index (χ3v) is 6.29. The summed E-state index contributed by atoms with van der Waals surface area (Å²) in [5.74, 6) is -0.194. The number of amides is 1. The first-order valence-electron chi connectivity index (χ1n) is 10.9. The van der Waals surface area contributed by atoms with Crippen LogP contribution in [0.1, 0.15) is 45.6 Å². The number of likely N-dealkylation sites (tertiary alicyclic amines) is 1. The van der Waals surface area contributed by atoms with Crippen molar-refractivity contribution in [2.24, 2.45) is 0 Å². The molecule has 160 valence electrons. The van der Waals surface area contributed by atoms with Crippen LogP contribution in [0.25, 0.3) is 11.1 Å². The topological polar surface area (TPSA) is 71.2 Å². The molecule has 31 heavy (non-hydrogen) atoms. The molecule has 1 aromatic heterocycles. The minimum Gasteiger partial charge on any atom is -0.398 e. The van der Waals surface area contributed by atoms with Crippen LogP contribution in [0.4, 0.5) is 11.4 Å². The average molecular weight is 415 g/mol. The number of benzene rings is 2. The standard InChI is InChI=1S/C26H30N4O/c1-17-14-25(28-15-20(17)16-30-12-4-5-13-30)26(31)29-24-11-7-9-22(19(24)3)21-8-6-10-23(27)18(21)2/h6-11,14-15H,4-5,12-13,16,27H2,1-3H3,(H,29,31). The maximum atomic E-state index is 12.9. The molecule has 5 nitrogen and oxygen atoms in total. The highest BCUT2D eigenvalue weighted by Gasteiger charge is 2.16. The molecule has 0 atom stereocenters. The number of nitrogens with two attached hydrogens (primary N) is 1. The Labute approximate surface area is 184 Å². The van der Waals surface area contributed by atoms with Crippen LogP contribution in [-0.4, -0.2) is 28.9 Å². The van der Waals surface area contributed by atoms with Gasteiger partial charge in [-0.15, -0.1) is 0 Å². The van der Waals surface area contributed by atoms with Crippen molar-refractivity contribution in [3.63, 3.8) is 0 Å². The summed E-state index contributed by atoms with van der Waals surface area (Å²) in [6.45, 7) is 9.28. The number of hydrogen-bond donors (Lipinski definition) is 2. The summed E-state index contributed by atoms with van der Waals surface area (Å²) in [5, 5.41) is 3.05. The molecule has 0 aliphatic carbocycles. The highest BCUT2D eigenvalue weighted by atomic mass is 16.1. The molecule has 1 amide bonds. The van der Waals surface area contributed by atoms with Crippen LogP contribution >= 0.6 is 0 Å². The number of rotatable bonds is 5. The molecule has 2 aromatic carbocycles. The lowest BCUT2D eigenvalue weighted by molar-refractivity contribution is 0.102. The second-order valence-electron chi connectivity index (χ2n) is 8.43. The molecule has 4 rings (SSSR count). The van der Waals surface area contributed by atoms with Crippen molar-refractivity contribution in [1.82, 2.24) is 9.88 Å². The third kappa shape index (κ3) is 4.47. The van der Waals surface area contributed by atoms with Crippen LogP contribution in [0, 0.1) is 20.8 Å². The Morgan fingerprint density at radius 3 is 2.42 bits per heavy atom. The Hall–Kier alpha value is -3.18. The van der Waals surface area contributed by atoms with E-state index in [1.54, 1.807) is 0 Å². The van der Waals surface area contributed by atoms with Crippen molar-refractivity contribution in [3.8, 4) is 11.1 Å². The summed E-state index contributed by atoms with van der Waals surface area (Å²) >= 11 is 0. The minimum absolute atomic E-state index is 0.194. The molecule has 2 heterocycles. The summed E-state index contributed by atoms with van der Waals surface area (Å²) in [4.78, 5) is 19.8. The number of nitrogen functional groups attached to an aromatic ring is 1. The first-order valence-corrected chi connectivity index (χ1v) is 10.9. The molecule has 3 aromatic rings. The van der Waals surface area contributed by atoms with Crippen molar-refractivity contribution in [2.45, 2.75) is 40.2 Å². The smallest absolute Gasteiger partial charge is 0.274 e. The van der Waals surface area contributed by atoms with Crippen LogP contribution in [0.3, 0.4) is 0 Å². The number of nitrogens with zero attached hydrogens (tertiary/aromatic N) is 2. The molecule has 0 unspecified atom stereocenters. The summed E-state index contributed by atoms with van der Waals surface area (Å²) in [6.07, 6.45) is 4.38. The molecular weight excluding hydrogens is 384 g/mol. The van der Waals surface area contributed by atoms with E-state index in [4.69, 9.17) is 5.73 Å². The number of aromatic nitrogens is 1. The van der Waals surface area contributed by atoms with Crippen molar-refractivity contribution in [3.05, 3.63) is 76.6 Å². The van der Waals surface area contributed by atoms with Gasteiger partial charge in [-0.25, -0.2) is 0 Å². The maximum Gasteiger partial charge on any atom is 0.274 e. The van der Waals surface area contributed by atoms with Gasteiger partial charge in [-0.1, -0.05) is 24.3 Å². The lowest BCUT2D eigenvalue weighted by Gasteiger charge is -2.17. The zero-order chi connectivity index (χ0) is 22.0. The van der Waals surface area contributed by atoms with Crippen LogP contribution in [0.2, 0.25) is 0 Å². The van der Waals surface area contributed by atoms with E-state index in [0.29, 0.717) is 5.69 Å². The Morgan fingerprint density at radius 2 is 1.71 bits per heavy atom. The van der Waals surface area contributed by atoms with Crippen LogP contribution in [0.15, 0.2) is 48.7 Å². The second-order valence-corrected chi connectivity index (χ2v) is 8.43. The highest BCUT2D eigenvalue weighted by molar-refractivity contribution is 6.04. The molecule has 1 aliphatic heterocycles. The molecule has 1 aliphatic rings. The van der Waals surface area contributed by atoms with E-state index in [1.807, 2.05) is 50.4 Å². The Balaban J connectivity index is 1.55. The van der Waals surface area contributed by atoms with Gasteiger partial charge in [-0.2, -0.15) is 0 Å². The van der Waals surface area contributed by atoms with Gasteiger partial charge in [0.1, 0.15) is 5.69 Å². The van der Waals surface area contributed by atoms with Gasteiger partial charge in [-0.05, 0) is 98.3 Å². The molecule has 5 heteroatoms. The molecule has 0 saturated carbocycles. The summed E-state index contributed by atoms with van der Waals surface area (Å²) in [6, 6.07) is 13.7. The second kappa shape index (κ2) is 8.90. The average Bonchev–Trinajstić information content (AvgIpc) is 3.26. The molecule has 0 radical (unpaired) electrons. The van der Waals surface area contributed by atoms with E-state index in [1.165, 1.54) is 18.4 Å². The predicted octanol–water partition coefficient (Wildman–Crippen LogP) is 5.10. The lowest BCUT2D eigenvalue weighted by Crippen LogP contribution is -2.20. The van der Waals surface area contributed by atoms with E-state index in [0.717, 1.165) is 58.8 Å². The Bertz CT molecular complexity index is 1120. The van der Waals surface area contributed by atoms with E-state index in [9.17, 15) is 4.79 Å². The molecule has 1 fully saturated rings. The first-order chi connectivity index (χ1) is 14.9. The van der Waals surface area contributed by atoms with Crippen LogP contribution < -0.4 is 11.1 Å². The quantitative estimate of drug-likeness (QED) is 0.570. The highest BCUT2D eigenvalue weighted by Crippen LogP contribution is 2.33. The summed E-state index contributed by atoms with van der Waals surface area (Å²) in [7, 11) is 0. The van der Waals surface area contributed by atoms with Gasteiger partial charge in [0, 0.05) is 24.1 Å². The van der Waals surface area contributed by atoms with E-state index in [-0.39, 0.29) is 5.91 Å². The van der Waals surface area contributed by atoms with Gasteiger partial charge >= 0.3 is 0 Å². The molecule has 0 spiro atoms. The van der Waals surface area contributed by atoms with Crippen molar-refractivity contribution < 1.29 is 4.79 Å². The molecule has 1 saturated heterocycles. The fourth-order valence-corrected chi connectivity index (χ4v) is 4.25. The van der Waals surface area contributed by atoms with Gasteiger partial charge in [0.25, 0.3) is 5.91 Å². The lowest BCUT2D eigenvalue weighted by atomic mass is 9.95. The number of pyridine rings is 1. The number of nitrogens with one attached hydrogen (secondary N) is 1. The van der Waals surface area contributed by atoms with Crippen LogP contribution in [0.5, 0.6) is 0 Å². The zero-order valence-electron chi connectivity index (χ0n) is 18.5. The summed E-state index contributed by atoms with van der Waals surface area (Å²) < 4.78 is 0. The van der Waals surface area contributed by atoms with E-state index >= 15 is 0 Å². The van der Waals surface area contributed by atoms with Crippen molar-refractivity contribution >= 4 is 17.3 Å². The molecular formula is C26H30N4O. The zero-order valence-corrected chi connectivity index (χ0v) is 18.5. The molecule has 0 bridgehead atoms. The van der Waals surface area contributed by atoms with Crippen LogP contribution in [-0.2, 0) is 6.54 Å². The Kier molecular flexibility index (Phi) is 6.05. The van der Waals surface area contributed by atoms with Crippen molar-refractivity contribution in [1.29, 1.82) is 0 Å². The van der Waals surface area contributed by atoms with Gasteiger partial charge in [0.15, 0.2) is 0 Å². The predicted molar refractivity (Wildman–Crippen MR) is 127 cm³/mol. The fourth-order valence-electron chi connectivity index (χ4n) is 4.25. The number of anilines is 2. The van der Waals surface area contributed by atoms with E-state index in [2.05, 4.69) is 34.3 Å². The normalized spacial score (nSPS) is 14.0.